The highest BCUT2D eigenvalue weighted by atomic mass is 32.1. The lowest BCUT2D eigenvalue weighted by atomic mass is 10.2. The van der Waals surface area contributed by atoms with Crippen molar-refractivity contribution in [1.29, 1.82) is 0 Å². The molecule has 0 bridgehead atoms. The molecular weight excluding hydrogens is 186 g/mol. The van der Waals surface area contributed by atoms with E-state index in [4.69, 9.17) is 4.74 Å². The number of alkyl carbamates (subject to hydrolysis) is 1. The third kappa shape index (κ3) is 3.94. The van der Waals surface area contributed by atoms with Crippen molar-refractivity contribution in [3.63, 3.8) is 0 Å². The molecule has 0 saturated heterocycles. The Hall–Kier alpha value is -1.03. The molecule has 0 saturated carbocycles. The molecule has 0 aliphatic heterocycles. The summed E-state index contributed by atoms with van der Waals surface area (Å²) in [4.78, 5) is 10.8. The van der Waals surface area contributed by atoms with Gasteiger partial charge in [0, 0.05) is 6.54 Å². The zero-order chi connectivity index (χ0) is 9.52. The van der Waals surface area contributed by atoms with Gasteiger partial charge in [-0.15, -0.1) is 0 Å². The van der Waals surface area contributed by atoms with Crippen molar-refractivity contribution in [3.8, 4) is 0 Å². The van der Waals surface area contributed by atoms with Crippen LogP contribution in [-0.4, -0.2) is 19.2 Å². The average Bonchev–Trinajstić information content (AvgIpc) is 2.57. The van der Waals surface area contributed by atoms with E-state index in [2.05, 4.69) is 16.8 Å². The van der Waals surface area contributed by atoms with Crippen LogP contribution in [0.3, 0.4) is 0 Å². The summed E-state index contributed by atoms with van der Waals surface area (Å²) in [5.74, 6) is 0. The van der Waals surface area contributed by atoms with Crippen molar-refractivity contribution in [3.05, 3.63) is 22.4 Å². The Morgan fingerprint density at radius 3 is 3.15 bits per heavy atom. The van der Waals surface area contributed by atoms with Crippen LogP contribution in [0.5, 0.6) is 0 Å². The second-order valence-electron chi connectivity index (χ2n) is 2.53. The highest BCUT2D eigenvalue weighted by Gasteiger charge is 1.98. The zero-order valence-corrected chi connectivity index (χ0v) is 8.39. The Balaban J connectivity index is 2.11. The number of ether oxygens (including phenoxy) is 1. The van der Waals surface area contributed by atoms with E-state index in [1.807, 2.05) is 5.38 Å². The van der Waals surface area contributed by atoms with Gasteiger partial charge in [-0.05, 0) is 35.7 Å². The molecule has 1 aromatic heterocycles. The van der Waals surface area contributed by atoms with Crippen LogP contribution in [0, 0.1) is 0 Å². The summed E-state index contributed by atoms with van der Waals surface area (Å²) >= 11 is 1.66. The van der Waals surface area contributed by atoms with Crippen molar-refractivity contribution in [2.45, 2.75) is 13.3 Å². The van der Waals surface area contributed by atoms with Crippen LogP contribution >= 0.6 is 11.3 Å². The van der Waals surface area contributed by atoms with Crippen LogP contribution in [0.1, 0.15) is 12.5 Å². The molecular formula is C9H13NO2S. The molecule has 1 heterocycles. The van der Waals surface area contributed by atoms with E-state index in [9.17, 15) is 4.79 Å². The summed E-state index contributed by atoms with van der Waals surface area (Å²) in [6.45, 7) is 2.85. The molecule has 0 unspecified atom stereocenters. The molecule has 0 fully saturated rings. The second-order valence-corrected chi connectivity index (χ2v) is 3.31. The van der Waals surface area contributed by atoms with E-state index in [-0.39, 0.29) is 6.09 Å². The number of carbonyl (C=O) groups is 1. The van der Waals surface area contributed by atoms with Gasteiger partial charge >= 0.3 is 6.09 Å². The molecule has 1 amide bonds. The summed E-state index contributed by atoms with van der Waals surface area (Å²) in [6, 6.07) is 2.05. The van der Waals surface area contributed by atoms with Crippen molar-refractivity contribution in [2.24, 2.45) is 0 Å². The first-order chi connectivity index (χ1) is 6.33. The lowest BCUT2D eigenvalue weighted by molar-refractivity contribution is 0.152. The summed E-state index contributed by atoms with van der Waals surface area (Å²) in [5.41, 5.74) is 1.25. The molecule has 1 aromatic rings. The Labute approximate surface area is 81.7 Å². The first-order valence-electron chi connectivity index (χ1n) is 4.24. The minimum Gasteiger partial charge on any atom is -0.450 e. The molecule has 72 valence electrons. The first kappa shape index (κ1) is 10.1. The van der Waals surface area contributed by atoms with E-state index >= 15 is 0 Å². The number of rotatable bonds is 4. The van der Waals surface area contributed by atoms with Gasteiger partial charge in [-0.2, -0.15) is 11.3 Å². The molecule has 0 radical (unpaired) electrons. The summed E-state index contributed by atoms with van der Waals surface area (Å²) in [6.07, 6.45) is 0.528. The Morgan fingerprint density at radius 1 is 1.69 bits per heavy atom. The first-order valence-corrected chi connectivity index (χ1v) is 5.19. The number of hydrogen-bond donors (Lipinski definition) is 1. The van der Waals surface area contributed by atoms with Crippen molar-refractivity contribution in [2.75, 3.05) is 13.2 Å². The van der Waals surface area contributed by atoms with Crippen LogP contribution in [0.15, 0.2) is 16.8 Å². The van der Waals surface area contributed by atoms with Gasteiger partial charge in [-0.1, -0.05) is 0 Å². The summed E-state index contributed by atoms with van der Waals surface area (Å²) in [7, 11) is 0. The monoisotopic (exact) mass is 199 g/mol. The van der Waals surface area contributed by atoms with Crippen LogP contribution in [0.25, 0.3) is 0 Å². The van der Waals surface area contributed by atoms with Gasteiger partial charge in [0.25, 0.3) is 0 Å². The SMILES string of the molecule is CCOC(=O)NCCc1ccsc1. The molecule has 1 rings (SSSR count). The minimum atomic E-state index is -0.335. The van der Waals surface area contributed by atoms with E-state index in [1.54, 1.807) is 18.3 Å². The van der Waals surface area contributed by atoms with E-state index in [0.29, 0.717) is 13.2 Å². The van der Waals surface area contributed by atoms with Gasteiger partial charge in [-0.25, -0.2) is 4.79 Å². The van der Waals surface area contributed by atoms with E-state index < -0.39 is 0 Å². The van der Waals surface area contributed by atoms with Crippen molar-refractivity contribution < 1.29 is 9.53 Å². The van der Waals surface area contributed by atoms with Crippen LogP contribution in [0.4, 0.5) is 4.79 Å². The fourth-order valence-corrected chi connectivity index (χ4v) is 1.63. The lowest BCUT2D eigenvalue weighted by Gasteiger charge is -2.03. The maximum atomic E-state index is 10.8. The van der Waals surface area contributed by atoms with Crippen LogP contribution < -0.4 is 5.32 Å². The maximum absolute atomic E-state index is 10.8. The zero-order valence-electron chi connectivity index (χ0n) is 7.58. The Kier molecular flexibility index (Phi) is 4.32. The third-order valence-corrected chi connectivity index (χ3v) is 2.27. The van der Waals surface area contributed by atoms with Crippen molar-refractivity contribution in [1.82, 2.24) is 5.32 Å². The number of amides is 1. The van der Waals surface area contributed by atoms with Crippen LogP contribution in [-0.2, 0) is 11.2 Å². The summed E-state index contributed by atoms with van der Waals surface area (Å²) in [5, 5.41) is 6.77. The Morgan fingerprint density at radius 2 is 2.54 bits per heavy atom. The van der Waals surface area contributed by atoms with Crippen molar-refractivity contribution >= 4 is 17.4 Å². The number of hydrogen-bond acceptors (Lipinski definition) is 3. The van der Waals surface area contributed by atoms with Gasteiger partial charge in [0.05, 0.1) is 6.61 Å². The maximum Gasteiger partial charge on any atom is 0.407 e. The van der Waals surface area contributed by atoms with Gasteiger partial charge in [-0.3, -0.25) is 0 Å². The summed E-state index contributed by atoms with van der Waals surface area (Å²) < 4.78 is 4.71. The molecule has 3 nitrogen and oxygen atoms in total. The highest BCUT2D eigenvalue weighted by Crippen LogP contribution is 2.05. The third-order valence-electron chi connectivity index (χ3n) is 1.54. The molecule has 13 heavy (non-hydrogen) atoms. The van der Waals surface area contributed by atoms with Crippen LogP contribution in [0.2, 0.25) is 0 Å². The average molecular weight is 199 g/mol. The fourth-order valence-electron chi connectivity index (χ4n) is 0.926. The number of nitrogens with one attached hydrogen (secondary N) is 1. The normalized spacial score (nSPS) is 9.62. The van der Waals surface area contributed by atoms with Gasteiger partial charge in [0.15, 0.2) is 0 Å². The predicted octanol–water partition coefficient (Wildman–Crippen LogP) is 2.04. The molecule has 0 aliphatic carbocycles. The number of thiophene rings is 1. The van der Waals surface area contributed by atoms with Gasteiger partial charge in [0.2, 0.25) is 0 Å². The van der Waals surface area contributed by atoms with E-state index in [0.717, 1.165) is 6.42 Å². The minimum absolute atomic E-state index is 0.335. The second kappa shape index (κ2) is 5.59. The largest absolute Gasteiger partial charge is 0.450 e. The number of carbonyl (C=O) groups excluding carboxylic acids is 1. The fraction of sp³-hybridized carbons (Fsp3) is 0.444. The topological polar surface area (TPSA) is 38.3 Å². The standard InChI is InChI=1S/C9H13NO2S/c1-2-12-9(11)10-5-3-8-4-6-13-7-8/h4,6-7H,2-3,5H2,1H3,(H,10,11). The molecule has 0 aromatic carbocycles. The molecule has 0 atom stereocenters. The van der Waals surface area contributed by atoms with Gasteiger partial charge < -0.3 is 10.1 Å². The molecule has 4 heteroatoms. The lowest BCUT2D eigenvalue weighted by Crippen LogP contribution is -2.26. The quantitative estimate of drug-likeness (QED) is 0.805. The Bertz CT molecular complexity index is 246. The molecule has 0 aliphatic rings. The van der Waals surface area contributed by atoms with E-state index in [1.165, 1.54) is 5.56 Å². The highest BCUT2D eigenvalue weighted by molar-refractivity contribution is 7.07. The van der Waals surface area contributed by atoms with Gasteiger partial charge in [0.1, 0.15) is 0 Å². The smallest absolute Gasteiger partial charge is 0.407 e. The molecule has 1 N–H and O–H groups in total. The molecule has 0 spiro atoms. The predicted molar refractivity (Wildman–Crippen MR) is 53.0 cm³/mol.